The summed E-state index contributed by atoms with van der Waals surface area (Å²) in [5.74, 6) is -0.449. The number of benzene rings is 3. The molecule has 0 aliphatic rings. The Labute approximate surface area is 234 Å². The van der Waals surface area contributed by atoms with E-state index >= 15 is 0 Å². The van der Waals surface area contributed by atoms with Crippen LogP contribution in [-0.4, -0.2) is 23.2 Å². The van der Waals surface area contributed by atoms with Crippen molar-refractivity contribution < 1.29 is 27.5 Å². The average molecular weight is 567 g/mol. The van der Waals surface area contributed by atoms with Gasteiger partial charge < -0.3 is 16.2 Å². The Bertz CT molecular complexity index is 1080. The standard InChI is InChI=1S/C13H20N2O2.C11H13F3.C6H5FS/c1-9-4-3-5-11(6-9)8-15-13(17)12(14)7-10(2)16;1-2-3-4-9-5-7-10(8-6-9)11(12,13)14;7-5-1-3-6(8)4-2-5/h3-6,10,12,16H,7-8,14H2,1-2H3,(H,15,17);5-8H,2-4H2,1H3;1-4,8H. The van der Waals surface area contributed by atoms with Crippen LogP contribution < -0.4 is 11.1 Å². The maximum atomic E-state index is 12.2. The summed E-state index contributed by atoms with van der Waals surface area (Å²) in [6.45, 7) is 6.15. The van der Waals surface area contributed by atoms with E-state index < -0.39 is 23.9 Å². The van der Waals surface area contributed by atoms with E-state index in [0.29, 0.717) is 6.54 Å². The van der Waals surface area contributed by atoms with E-state index in [1.165, 1.54) is 12.1 Å². The lowest BCUT2D eigenvalue weighted by atomic mass is 10.1. The third kappa shape index (κ3) is 15.3. The number of halogens is 4. The minimum Gasteiger partial charge on any atom is -0.393 e. The summed E-state index contributed by atoms with van der Waals surface area (Å²) < 4.78 is 48.6. The van der Waals surface area contributed by atoms with Gasteiger partial charge in [0.05, 0.1) is 17.7 Å². The molecule has 4 N–H and O–H groups in total. The summed E-state index contributed by atoms with van der Waals surface area (Å²) in [7, 11) is 0. The van der Waals surface area contributed by atoms with E-state index in [1.54, 1.807) is 31.2 Å². The van der Waals surface area contributed by atoms with E-state index in [4.69, 9.17) is 10.8 Å². The van der Waals surface area contributed by atoms with Crippen LogP contribution in [0, 0.1) is 12.7 Å². The number of alkyl halides is 3. The Morgan fingerprint density at radius 2 is 1.64 bits per heavy atom. The van der Waals surface area contributed by atoms with E-state index in [1.807, 2.05) is 31.2 Å². The Morgan fingerprint density at radius 3 is 2.13 bits per heavy atom. The first kappa shape index (κ1) is 34.1. The zero-order valence-electron chi connectivity index (χ0n) is 22.5. The summed E-state index contributed by atoms with van der Waals surface area (Å²) in [4.78, 5) is 12.4. The molecular weight excluding hydrogens is 528 g/mol. The van der Waals surface area contributed by atoms with Gasteiger partial charge in [0.1, 0.15) is 5.82 Å². The van der Waals surface area contributed by atoms with Gasteiger partial charge >= 0.3 is 6.18 Å². The molecule has 0 heterocycles. The normalized spacial score (nSPS) is 12.3. The molecule has 39 heavy (non-hydrogen) atoms. The lowest BCUT2D eigenvalue weighted by Crippen LogP contribution is -2.41. The topological polar surface area (TPSA) is 75.4 Å². The van der Waals surface area contributed by atoms with E-state index in [0.717, 1.165) is 53.0 Å². The van der Waals surface area contributed by atoms with Crippen molar-refractivity contribution in [1.29, 1.82) is 0 Å². The van der Waals surface area contributed by atoms with Crippen molar-refractivity contribution in [2.75, 3.05) is 0 Å². The molecule has 2 unspecified atom stereocenters. The number of rotatable bonds is 8. The number of aryl methyl sites for hydroxylation is 2. The van der Waals surface area contributed by atoms with Gasteiger partial charge in [-0.3, -0.25) is 4.79 Å². The number of hydrogen-bond acceptors (Lipinski definition) is 4. The van der Waals surface area contributed by atoms with Crippen molar-refractivity contribution in [2.45, 2.75) is 76.2 Å². The quantitative estimate of drug-likeness (QED) is 0.178. The van der Waals surface area contributed by atoms with E-state index in [9.17, 15) is 22.4 Å². The number of nitrogens with one attached hydrogen (secondary N) is 1. The van der Waals surface area contributed by atoms with Crippen LogP contribution in [0.4, 0.5) is 17.6 Å². The molecule has 0 fully saturated rings. The Kier molecular flexibility index (Phi) is 15.5. The Balaban J connectivity index is 0.000000310. The summed E-state index contributed by atoms with van der Waals surface area (Å²) >= 11 is 3.97. The van der Waals surface area contributed by atoms with Crippen LogP contribution >= 0.6 is 12.6 Å². The van der Waals surface area contributed by atoms with Crippen LogP contribution in [-0.2, 0) is 23.9 Å². The number of aliphatic hydroxyl groups excluding tert-OH is 1. The molecule has 2 atom stereocenters. The largest absolute Gasteiger partial charge is 0.416 e. The lowest BCUT2D eigenvalue weighted by molar-refractivity contribution is -0.137. The van der Waals surface area contributed by atoms with Gasteiger partial charge in [-0.2, -0.15) is 13.2 Å². The predicted octanol–water partition coefficient (Wildman–Crippen LogP) is 6.87. The molecule has 9 heteroatoms. The van der Waals surface area contributed by atoms with Crippen LogP contribution in [0.15, 0.2) is 77.7 Å². The summed E-state index contributed by atoms with van der Waals surface area (Å²) in [6.07, 6.45) is -1.57. The number of nitrogens with two attached hydrogens (primary N) is 1. The molecule has 0 saturated carbocycles. The van der Waals surface area contributed by atoms with E-state index in [-0.39, 0.29) is 18.1 Å². The first-order valence-corrected chi connectivity index (χ1v) is 13.1. The minimum absolute atomic E-state index is 0.220. The van der Waals surface area contributed by atoms with Gasteiger partial charge in [-0.25, -0.2) is 4.39 Å². The summed E-state index contributed by atoms with van der Waals surface area (Å²) in [5, 5.41) is 11.9. The van der Waals surface area contributed by atoms with Crippen molar-refractivity contribution in [3.63, 3.8) is 0 Å². The zero-order valence-corrected chi connectivity index (χ0v) is 23.4. The second-order valence-corrected chi connectivity index (χ2v) is 9.69. The number of carbonyl (C=O) groups is 1. The smallest absolute Gasteiger partial charge is 0.393 e. The third-order valence-corrected chi connectivity index (χ3v) is 5.71. The monoisotopic (exact) mass is 566 g/mol. The average Bonchev–Trinajstić information content (AvgIpc) is 2.88. The molecule has 4 nitrogen and oxygen atoms in total. The van der Waals surface area contributed by atoms with Crippen LogP contribution in [0.3, 0.4) is 0 Å². The maximum Gasteiger partial charge on any atom is 0.416 e. The molecule has 3 aromatic rings. The predicted molar refractivity (Wildman–Crippen MR) is 151 cm³/mol. The van der Waals surface area contributed by atoms with Gasteiger partial charge in [-0.05, 0) is 80.6 Å². The highest BCUT2D eigenvalue weighted by molar-refractivity contribution is 7.80. The molecule has 0 radical (unpaired) electrons. The third-order valence-electron chi connectivity index (χ3n) is 5.41. The molecule has 3 aromatic carbocycles. The highest BCUT2D eigenvalue weighted by atomic mass is 32.1. The molecular formula is C30H38F4N2O2S. The Morgan fingerprint density at radius 1 is 1.03 bits per heavy atom. The van der Waals surface area contributed by atoms with Gasteiger partial charge in [-0.15, -0.1) is 12.6 Å². The fourth-order valence-corrected chi connectivity index (χ4v) is 3.45. The van der Waals surface area contributed by atoms with Crippen LogP contribution in [0.1, 0.15) is 55.4 Å². The molecule has 0 aliphatic carbocycles. The first-order valence-electron chi connectivity index (χ1n) is 12.7. The van der Waals surface area contributed by atoms with Crippen molar-refractivity contribution in [3.8, 4) is 0 Å². The maximum absolute atomic E-state index is 12.2. The number of hydrogen-bond donors (Lipinski definition) is 4. The van der Waals surface area contributed by atoms with Crippen molar-refractivity contribution in [3.05, 3.63) is 101 Å². The number of aliphatic hydroxyl groups is 1. The molecule has 1 amide bonds. The zero-order chi connectivity index (χ0) is 29.4. The SMILES string of the molecule is CCCCc1ccc(C(F)(F)F)cc1.Cc1cccc(CNC(=O)C(N)CC(C)O)c1.Fc1ccc(S)cc1. The molecule has 0 bridgehead atoms. The molecule has 0 saturated heterocycles. The van der Waals surface area contributed by atoms with Gasteiger partial charge in [0.2, 0.25) is 5.91 Å². The molecule has 0 spiro atoms. The van der Waals surface area contributed by atoms with Gasteiger partial charge in [0.15, 0.2) is 0 Å². The van der Waals surface area contributed by atoms with Gasteiger partial charge in [-0.1, -0.05) is 55.3 Å². The van der Waals surface area contributed by atoms with Gasteiger partial charge in [0.25, 0.3) is 0 Å². The Hall–Kier alpha value is -2.88. The molecule has 3 rings (SSSR count). The second-order valence-electron chi connectivity index (χ2n) is 9.17. The van der Waals surface area contributed by atoms with E-state index in [2.05, 4.69) is 24.9 Å². The summed E-state index contributed by atoms with van der Waals surface area (Å²) in [5.41, 5.74) is 8.24. The fraction of sp³-hybridized carbons (Fsp3) is 0.367. The van der Waals surface area contributed by atoms with Crippen molar-refractivity contribution in [1.82, 2.24) is 5.32 Å². The van der Waals surface area contributed by atoms with Gasteiger partial charge in [0, 0.05) is 11.4 Å². The fourth-order valence-electron chi connectivity index (χ4n) is 3.30. The highest BCUT2D eigenvalue weighted by Crippen LogP contribution is 2.29. The van der Waals surface area contributed by atoms with Crippen LogP contribution in [0.2, 0.25) is 0 Å². The molecule has 0 aromatic heterocycles. The van der Waals surface area contributed by atoms with Crippen molar-refractivity contribution in [2.24, 2.45) is 5.73 Å². The lowest BCUT2D eigenvalue weighted by Gasteiger charge is -2.13. The minimum atomic E-state index is -4.22. The van der Waals surface area contributed by atoms with Crippen molar-refractivity contribution >= 4 is 18.5 Å². The molecule has 0 aliphatic heterocycles. The number of unbranched alkanes of at least 4 members (excludes halogenated alkanes) is 1. The number of carbonyl (C=O) groups excluding carboxylic acids is 1. The van der Waals surface area contributed by atoms with Crippen LogP contribution in [0.5, 0.6) is 0 Å². The molecule has 214 valence electrons. The van der Waals surface area contributed by atoms with Crippen LogP contribution in [0.25, 0.3) is 0 Å². The second kappa shape index (κ2) is 17.7. The summed E-state index contributed by atoms with van der Waals surface area (Å²) in [6, 6.07) is 18.6. The first-order chi connectivity index (χ1) is 18.3. The number of thiol groups is 1. The highest BCUT2D eigenvalue weighted by Gasteiger charge is 2.29. The number of amides is 1.